The zero-order valence-corrected chi connectivity index (χ0v) is 16.5. The fourth-order valence-corrected chi connectivity index (χ4v) is 2.75. The van der Waals surface area contributed by atoms with Crippen molar-refractivity contribution in [1.82, 2.24) is 10.3 Å². The van der Waals surface area contributed by atoms with Crippen molar-refractivity contribution in [3.63, 3.8) is 0 Å². The molecule has 0 bridgehead atoms. The van der Waals surface area contributed by atoms with E-state index in [-0.39, 0.29) is 11.8 Å². The zero-order valence-electron chi connectivity index (χ0n) is 16.5. The van der Waals surface area contributed by atoms with Crippen LogP contribution < -0.4 is 16.4 Å². The fraction of sp³-hybridized carbons (Fsp3) is 0.318. The topological polar surface area (TPSA) is 97.1 Å². The monoisotopic (exact) mass is 380 g/mol. The van der Waals surface area contributed by atoms with Crippen molar-refractivity contribution in [2.45, 2.75) is 39.5 Å². The van der Waals surface area contributed by atoms with Gasteiger partial charge in [0.2, 0.25) is 5.91 Å². The number of aromatic nitrogens is 1. The van der Waals surface area contributed by atoms with Crippen LogP contribution in [0.15, 0.2) is 42.6 Å². The molecule has 0 saturated heterocycles. The number of unbranched alkanes of at least 4 members (excludes halogenated alkanes) is 2. The van der Waals surface area contributed by atoms with E-state index >= 15 is 0 Å². The first-order chi connectivity index (χ1) is 13.5. The van der Waals surface area contributed by atoms with Crippen molar-refractivity contribution in [3.8, 4) is 0 Å². The number of amides is 2. The molecule has 0 aliphatic rings. The van der Waals surface area contributed by atoms with Crippen molar-refractivity contribution in [2.75, 3.05) is 17.6 Å². The van der Waals surface area contributed by atoms with Gasteiger partial charge in [0, 0.05) is 19.2 Å². The van der Waals surface area contributed by atoms with Gasteiger partial charge in [0.05, 0.1) is 11.4 Å². The second-order valence-electron chi connectivity index (χ2n) is 6.63. The minimum absolute atomic E-state index is 0.0529. The van der Waals surface area contributed by atoms with E-state index in [1.807, 2.05) is 38.1 Å². The number of nitrogens with one attached hydrogen (secondary N) is 2. The number of carbonyl (C=O) groups is 2. The lowest BCUT2D eigenvalue weighted by Gasteiger charge is -2.08. The molecule has 6 heteroatoms. The summed E-state index contributed by atoms with van der Waals surface area (Å²) in [5, 5.41) is 5.69. The summed E-state index contributed by atoms with van der Waals surface area (Å²) in [6.45, 7) is 4.46. The Morgan fingerprint density at radius 3 is 2.68 bits per heavy atom. The molecule has 28 heavy (non-hydrogen) atoms. The number of pyridine rings is 1. The van der Waals surface area contributed by atoms with E-state index in [4.69, 9.17) is 5.73 Å². The third kappa shape index (κ3) is 6.54. The van der Waals surface area contributed by atoms with Gasteiger partial charge in [-0.1, -0.05) is 30.7 Å². The van der Waals surface area contributed by atoms with Gasteiger partial charge in [0.25, 0.3) is 5.91 Å². The number of carbonyl (C=O) groups excluding carboxylic acids is 2. The minimum Gasteiger partial charge on any atom is -0.397 e. The van der Waals surface area contributed by atoms with Crippen LogP contribution in [0.5, 0.6) is 0 Å². The highest BCUT2D eigenvalue weighted by molar-refractivity contribution is 5.93. The van der Waals surface area contributed by atoms with Crippen molar-refractivity contribution >= 4 is 29.3 Å². The van der Waals surface area contributed by atoms with Gasteiger partial charge >= 0.3 is 0 Å². The van der Waals surface area contributed by atoms with E-state index in [0.717, 1.165) is 30.4 Å². The smallest absolute Gasteiger partial charge is 0.269 e. The summed E-state index contributed by atoms with van der Waals surface area (Å²) < 4.78 is 0. The molecule has 2 rings (SSSR count). The number of benzene rings is 1. The van der Waals surface area contributed by atoms with Gasteiger partial charge < -0.3 is 16.4 Å². The Morgan fingerprint density at radius 2 is 1.96 bits per heavy atom. The molecule has 1 aromatic carbocycles. The SMILES string of the molecule is CC=Cc1cnc(C(=O)NCCCCCC(=O)Nc2ccccc2N)cc1C. The molecular formula is C22H28N4O2. The van der Waals surface area contributed by atoms with Gasteiger partial charge in [-0.05, 0) is 56.0 Å². The van der Waals surface area contributed by atoms with Gasteiger partial charge in [0.15, 0.2) is 0 Å². The molecule has 0 aliphatic heterocycles. The van der Waals surface area contributed by atoms with Crippen LogP contribution in [0.1, 0.15) is 54.2 Å². The summed E-state index contributed by atoms with van der Waals surface area (Å²) in [6.07, 6.45) is 8.46. The zero-order chi connectivity index (χ0) is 20.4. The summed E-state index contributed by atoms with van der Waals surface area (Å²) in [5.41, 5.74) is 9.45. The number of hydrogen-bond donors (Lipinski definition) is 3. The standard InChI is InChI=1S/C22H28N4O2/c1-3-9-17-15-25-20(14-16(17)2)22(28)24-13-8-4-5-12-21(27)26-19-11-7-6-10-18(19)23/h3,6-7,9-11,14-15H,4-5,8,12-13,23H2,1-2H3,(H,24,28)(H,26,27). The largest absolute Gasteiger partial charge is 0.397 e. The summed E-state index contributed by atoms with van der Waals surface area (Å²) in [7, 11) is 0. The number of para-hydroxylation sites is 2. The Hall–Kier alpha value is -3.15. The molecular weight excluding hydrogens is 352 g/mol. The van der Waals surface area contributed by atoms with Crippen molar-refractivity contribution < 1.29 is 9.59 Å². The van der Waals surface area contributed by atoms with Gasteiger partial charge in [-0.25, -0.2) is 0 Å². The Bertz CT molecular complexity index is 846. The van der Waals surface area contributed by atoms with E-state index in [2.05, 4.69) is 15.6 Å². The number of anilines is 2. The van der Waals surface area contributed by atoms with Crippen LogP contribution in [0.2, 0.25) is 0 Å². The third-order valence-electron chi connectivity index (χ3n) is 4.33. The van der Waals surface area contributed by atoms with Gasteiger partial charge in [-0.2, -0.15) is 0 Å². The number of hydrogen-bond acceptors (Lipinski definition) is 4. The maximum Gasteiger partial charge on any atom is 0.269 e. The molecule has 0 radical (unpaired) electrons. The number of rotatable bonds is 9. The van der Waals surface area contributed by atoms with Crippen molar-refractivity contribution in [1.29, 1.82) is 0 Å². The van der Waals surface area contributed by atoms with E-state index in [1.165, 1.54) is 0 Å². The lowest BCUT2D eigenvalue weighted by atomic mass is 10.1. The van der Waals surface area contributed by atoms with E-state index < -0.39 is 0 Å². The summed E-state index contributed by atoms with van der Waals surface area (Å²) in [5.74, 6) is -0.227. The van der Waals surface area contributed by atoms with Gasteiger partial charge in [0.1, 0.15) is 5.69 Å². The molecule has 1 heterocycles. The maximum atomic E-state index is 12.2. The average Bonchev–Trinajstić information content (AvgIpc) is 2.68. The van der Waals surface area contributed by atoms with Crippen LogP contribution in [0.25, 0.3) is 6.08 Å². The summed E-state index contributed by atoms with van der Waals surface area (Å²) in [6, 6.07) is 8.99. The van der Waals surface area contributed by atoms with Crippen molar-refractivity contribution in [2.24, 2.45) is 0 Å². The van der Waals surface area contributed by atoms with Crippen LogP contribution in [-0.4, -0.2) is 23.3 Å². The first-order valence-electron chi connectivity index (χ1n) is 9.53. The van der Waals surface area contributed by atoms with Crippen LogP contribution in [-0.2, 0) is 4.79 Å². The second kappa shape index (κ2) is 10.9. The lowest BCUT2D eigenvalue weighted by Crippen LogP contribution is -2.25. The minimum atomic E-state index is -0.174. The Labute approximate surface area is 166 Å². The highest BCUT2D eigenvalue weighted by Gasteiger charge is 2.08. The molecule has 0 fully saturated rings. The molecule has 4 N–H and O–H groups in total. The third-order valence-corrected chi connectivity index (χ3v) is 4.33. The molecule has 0 atom stereocenters. The van der Waals surface area contributed by atoms with Crippen LogP contribution in [0.3, 0.4) is 0 Å². The van der Waals surface area contributed by atoms with Crippen LogP contribution in [0.4, 0.5) is 11.4 Å². The molecule has 6 nitrogen and oxygen atoms in total. The number of nitrogens with zero attached hydrogens (tertiary/aromatic N) is 1. The number of nitrogen functional groups attached to an aromatic ring is 1. The van der Waals surface area contributed by atoms with E-state index in [0.29, 0.717) is 30.0 Å². The van der Waals surface area contributed by atoms with Gasteiger partial charge in [-0.3, -0.25) is 14.6 Å². The molecule has 148 valence electrons. The molecule has 0 aliphatic carbocycles. The first kappa shape index (κ1) is 21.2. The molecule has 0 spiro atoms. The Balaban J connectivity index is 1.65. The van der Waals surface area contributed by atoms with Gasteiger partial charge in [-0.15, -0.1) is 0 Å². The fourth-order valence-electron chi connectivity index (χ4n) is 2.75. The molecule has 1 aromatic heterocycles. The normalized spacial score (nSPS) is 10.8. The maximum absolute atomic E-state index is 12.2. The van der Waals surface area contributed by atoms with Crippen LogP contribution in [0, 0.1) is 6.92 Å². The Morgan fingerprint density at radius 1 is 1.18 bits per heavy atom. The second-order valence-corrected chi connectivity index (χ2v) is 6.63. The average molecular weight is 380 g/mol. The van der Waals surface area contributed by atoms with E-state index in [1.54, 1.807) is 24.4 Å². The molecule has 0 saturated carbocycles. The van der Waals surface area contributed by atoms with Crippen LogP contribution >= 0.6 is 0 Å². The molecule has 0 unspecified atom stereocenters. The highest BCUT2D eigenvalue weighted by atomic mass is 16.2. The predicted octanol–water partition coefficient (Wildman–Crippen LogP) is 3.93. The number of aryl methyl sites for hydroxylation is 1. The molecule has 2 aromatic rings. The predicted molar refractivity (Wildman–Crippen MR) is 114 cm³/mol. The molecule has 2 amide bonds. The number of allylic oxidation sites excluding steroid dienone is 1. The highest BCUT2D eigenvalue weighted by Crippen LogP contribution is 2.17. The van der Waals surface area contributed by atoms with E-state index in [9.17, 15) is 9.59 Å². The lowest BCUT2D eigenvalue weighted by molar-refractivity contribution is -0.116. The Kier molecular flexibility index (Phi) is 8.21. The first-order valence-corrected chi connectivity index (χ1v) is 9.53. The summed E-state index contributed by atoms with van der Waals surface area (Å²) >= 11 is 0. The summed E-state index contributed by atoms with van der Waals surface area (Å²) in [4.78, 5) is 28.3. The number of nitrogens with two attached hydrogens (primary N) is 1. The quantitative estimate of drug-likeness (QED) is 0.453. The van der Waals surface area contributed by atoms with Crippen molar-refractivity contribution in [3.05, 3.63) is 59.4 Å².